The number of hydrogen-bond donors (Lipinski definition) is 2. The van der Waals surface area contributed by atoms with Gasteiger partial charge in [-0.2, -0.15) is 0 Å². The average Bonchev–Trinajstić information content (AvgIpc) is 2.15. The van der Waals surface area contributed by atoms with Crippen LogP contribution in [-0.2, 0) is 4.79 Å². The van der Waals surface area contributed by atoms with Crippen molar-refractivity contribution in [1.82, 2.24) is 10.2 Å². The van der Waals surface area contributed by atoms with Gasteiger partial charge in [-0.3, -0.25) is 4.79 Å². The van der Waals surface area contributed by atoms with E-state index in [0.717, 1.165) is 13.0 Å². The number of nitrogens with one attached hydrogen (secondary N) is 1. The minimum atomic E-state index is 0.123. The molecule has 3 N–H and O–H groups in total. The Morgan fingerprint density at radius 1 is 1.38 bits per heavy atom. The molecule has 0 aliphatic carbocycles. The Kier molecular flexibility index (Phi) is 8.21. The average molecular weight is 229 g/mol. The van der Waals surface area contributed by atoms with Gasteiger partial charge in [-0.05, 0) is 38.9 Å². The van der Waals surface area contributed by atoms with Crippen molar-refractivity contribution < 1.29 is 4.79 Å². The predicted molar refractivity (Wildman–Crippen MR) is 68.2 cm³/mol. The number of rotatable bonds is 8. The predicted octanol–water partition coefficient (Wildman–Crippen LogP) is 0.675. The van der Waals surface area contributed by atoms with E-state index in [9.17, 15) is 4.79 Å². The zero-order valence-electron chi connectivity index (χ0n) is 11.1. The molecule has 0 aromatic heterocycles. The van der Waals surface area contributed by atoms with Crippen molar-refractivity contribution in [3.8, 4) is 0 Å². The van der Waals surface area contributed by atoms with Gasteiger partial charge in [0.2, 0.25) is 5.91 Å². The maximum Gasteiger partial charge on any atom is 0.220 e. The van der Waals surface area contributed by atoms with E-state index in [1.54, 1.807) is 0 Å². The van der Waals surface area contributed by atoms with Crippen LogP contribution in [0.4, 0.5) is 0 Å². The van der Waals surface area contributed by atoms with Gasteiger partial charge in [0, 0.05) is 19.5 Å². The van der Waals surface area contributed by atoms with Crippen LogP contribution >= 0.6 is 0 Å². The molecule has 0 unspecified atom stereocenters. The molecule has 1 atom stereocenters. The zero-order chi connectivity index (χ0) is 12.6. The van der Waals surface area contributed by atoms with E-state index in [2.05, 4.69) is 24.1 Å². The summed E-state index contributed by atoms with van der Waals surface area (Å²) in [6.45, 7) is 6.51. The van der Waals surface area contributed by atoms with Crippen molar-refractivity contribution in [2.45, 2.75) is 26.7 Å². The smallest absolute Gasteiger partial charge is 0.220 e. The summed E-state index contributed by atoms with van der Waals surface area (Å²) in [6, 6.07) is 0. The molecule has 0 saturated heterocycles. The lowest BCUT2D eigenvalue weighted by atomic mass is 9.94. The molecular formula is C12H27N3O. The molecular weight excluding hydrogens is 202 g/mol. The third-order valence-corrected chi connectivity index (χ3v) is 2.49. The lowest BCUT2D eigenvalue weighted by molar-refractivity contribution is -0.122. The van der Waals surface area contributed by atoms with E-state index in [0.29, 0.717) is 31.3 Å². The van der Waals surface area contributed by atoms with Crippen molar-refractivity contribution in [2.24, 2.45) is 17.6 Å². The van der Waals surface area contributed by atoms with Gasteiger partial charge >= 0.3 is 0 Å². The second-order valence-corrected chi connectivity index (χ2v) is 5.09. The molecule has 0 aliphatic heterocycles. The number of nitrogens with two attached hydrogens (primary N) is 1. The van der Waals surface area contributed by atoms with Crippen LogP contribution < -0.4 is 11.1 Å². The number of likely N-dealkylation sites (N-methyl/N-ethyl adjacent to an activating group) is 1. The summed E-state index contributed by atoms with van der Waals surface area (Å²) < 4.78 is 0. The normalized spacial score (nSPS) is 13.2. The maximum absolute atomic E-state index is 11.6. The Bertz CT molecular complexity index is 193. The van der Waals surface area contributed by atoms with Crippen LogP contribution in [0.3, 0.4) is 0 Å². The van der Waals surface area contributed by atoms with Crippen LogP contribution in [0, 0.1) is 11.8 Å². The van der Waals surface area contributed by atoms with Crippen molar-refractivity contribution in [2.75, 3.05) is 33.7 Å². The van der Waals surface area contributed by atoms with Crippen molar-refractivity contribution in [1.29, 1.82) is 0 Å². The molecule has 96 valence electrons. The summed E-state index contributed by atoms with van der Waals surface area (Å²) >= 11 is 0. The van der Waals surface area contributed by atoms with E-state index in [1.807, 2.05) is 14.1 Å². The number of hydrogen-bond acceptors (Lipinski definition) is 3. The van der Waals surface area contributed by atoms with Crippen LogP contribution in [0.1, 0.15) is 26.7 Å². The van der Waals surface area contributed by atoms with Crippen LogP contribution in [-0.4, -0.2) is 44.5 Å². The summed E-state index contributed by atoms with van der Waals surface area (Å²) in [7, 11) is 3.99. The van der Waals surface area contributed by atoms with Crippen LogP contribution in [0.2, 0.25) is 0 Å². The van der Waals surface area contributed by atoms with Gasteiger partial charge in [0.25, 0.3) is 0 Å². The minimum absolute atomic E-state index is 0.123. The zero-order valence-corrected chi connectivity index (χ0v) is 11.1. The number of carbonyl (C=O) groups is 1. The van der Waals surface area contributed by atoms with Gasteiger partial charge in [-0.1, -0.05) is 13.8 Å². The van der Waals surface area contributed by atoms with Crippen molar-refractivity contribution in [3.05, 3.63) is 0 Å². The fourth-order valence-corrected chi connectivity index (χ4v) is 1.68. The number of amides is 1. The van der Waals surface area contributed by atoms with Gasteiger partial charge in [0.1, 0.15) is 0 Å². The Balaban J connectivity index is 3.74. The van der Waals surface area contributed by atoms with E-state index in [1.165, 1.54) is 0 Å². The molecule has 0 fully saturated rings. The minimum Gasteiger partial charge on any atom is -0.355 e. The molecule has 0 aromatic carbocycles. The fourth-order valence-electron chi connectivity index (χ4n) is 1.68. The van der Waals surface area contributed by atoms with Gasteiger partial charge in [-0.15, -0.1) is 0 Å². The summed E-state index contributed by atoms with van der Waals surface area (Å²) in [6.07, 6.45) is 1.58. The van der Waals surface area contributed by atoms with E-state index in [-0.39, 0.29) is 5.91 Å². The third-order valence-electron chi connectivity index (χ3n) is 2.49. The topological polar surface area (TPSA) is 58.4 Å². The van der Waals surface area contributed by atoms with E-state index in [4.69, 9.17) is 5.73 Å². The van der Waals surface area contributed by atoms with Crippen LogP contribution in [0.25, 0.3) is 0 Å². The molecule has 0 rings (SSSR count). The Morgan fingerprint density at radius 2 is 2.00 bits per heavy atom. The van der Waals surface area contributed by atoms with Gasteiger partial charge < -0.3 is 16.0 Å². The van der Waals surface area contributed by atoms with Crippen LogP contribution in [0.15, 0.2) is 0 Å². The molecule has 0 heterocycles. The highest BCUT2D eigenvalue weighted by atomic mass is 16.1. The SMILES string of the molecule is CC(C)C[C@H](CN)CC(=O)NCCN(C)C. The first-order valence-corrected chi connectivity index (χ1v) is 6.07. The summed E-state index contributed by atoms with van der Waals surface area (Å²) in [4.78, 5) is 13.6. The van der Waals surface area contributed by atoms with E-state index >= 15 is 0 Å². The molecule has 0 bridgehead atoms. The molecule has 0 aromatic rings. The molecule has 4 heteroatoms. The summed E-state index contributed by atoms with van der Waals surface area (Å²) in [5.41, 5.74) is 5.66. The monoisotopic (exact) mass is 229 g/mol. The van der Waals surface area contributed by atoms with Crippen LogP contribution in [0.5, 0.6) is 0 Å². The largest absolute Gasteiger partial charge is 0.355 e. The Morgan fingerprint density at radius 3 is 2.44 bits per heavy atom. The lowest BCUT2D eigenvalue weighted by Crippen LogP contribution is -2.33. The van der Waals surface area contributed by atoms with E-state index < -0.39 is 0 Å². The molecule has 0 saturated carbocycles. The molecule has 0 radical (unpaired) electrons. The molecule has 1 amide bonds. The molecule has 16 heavy (non-hydrogen) atoms. The highest BCUT2D eigenvalue weighted by Gasteiger charge is 2.13. The number of nitrogens with zero attached hydrogens (tertiary/aromatic N) is 1. The lowest BCUT2D eigenvalue weighted by Gasteiger charge is -2.17. The summed E-state index contributed by atoms with van der Waals surface area (Å²) in [5.74, 6) is 1.04. The highest BCUT2D eigenvalue weighted by Crippen LogP contribution is 2.13. The first-order valence-electron chi connectivity index (χ1n) is 6.07. The Labute approximate surface area is 99.6 Å². The van der Waals surface area contributed by atoms with Gasteiger partial charge in [0.15, 0.2) is 0 Å². The van der Waals surface area contributed by atoms with Crippen molar-refractivity contribution >= 4 is 5.91 Å². The quantitative estimate of drug-likeness (QED) is 0.643. The fraction of sp³-hybridized carbons (Fsp3) is 0.917. The second-order valence-electron chi connectivity index (χ2n) is 5.09. The first kappa shape index (κ1) is 15.4. The molecule has 0 spiro atoms. The maximum atomic E-state index is 11.6. The highest BCUT2D eigenvalue weighted by molar-refractivity contribution is 5.76. The molecule has 0 aliphatic rings. The first-order chi connectivity index (χ1) is 7.45. The number of carbonyl (C=O) groups excluding carboxylic acids is 1. The standard InChI is InChI=1S/C12H27N3O/c1-10(2)7-11(9-13)8-12(16)14-5-6-15(3)4/h10-11H,5-9,13H2,1-4H3,(H,14,16)/t11-/m0/s1. The molecule has 4 nitrogen and oxygen atoms in total. The van der Waals surface area contributed by atoms with Gasteiger partial charge in [0.05, 0.1) is 0 Å². The Hall–Kier alpha value is -0.610. The second kappa shape index (κ2) is 8.53. The summed E-state index contributed by atoms with van der Waals surface area (Å²) in [5, 5.41) is 2.92. The third kappa shape index (κ3) is 8.68. The van der Waals surface area contributed by atoms with Gasteiger partial charge in [-0.25, -0.2) is 0 Å². The van der Waals surface area contributed by atoms with Crippen molar-refractivity contribution in [3.63, 3.8) is 0 Å².